The number of carbonyl (C=O) groups is 2. The van der Waals surface area contributed by atoms with Crippen molar-refractivity contribution in [3.05, 3.63) is 35.9 Å². The summed E-state index contributed by atoms with van der Waals surface area (Å²) in [5.74, 6) is -0.782. The van der Waals surface area contributed by atoms with Gasteiger partial charge in [0.2, 0.25) is 5.91 Å². The number of hydrogen-bond donors (Lipinski definition) is 0. The van der Waals surface area contributed by atoms with Crippen LogP contribution in [0.3, 0.4) is 0 Å². The Labute approximate surface area is 107 Å². The lowest BCUT2D eigenvalue weighted by molar-refractivity contribution is -0.140. The van der Waals surface area contributed by atoms with Gasteiger partial charge in [-0.2, -0.15) is 0 Å². The minimum Gasteiger partial charge on any atom is -0.368 e. The van der Waals surface area contributed by atoms with Crippen LogP contribution in [-0.4, -0.2) is 36.5 Å². The molecule has 0 saturated carbocycles. The zero-order chi connectivity index (χ0) is 13.1. The second-order valence-electron chi connectivity index (χ2n) is 4.41. The van der Waals surface area contributed by atoms with Crippen molar-refractivity contribution in [3.8, 4) is 0 Å². The fraction of sp³-hybridized carbons (Fsp3) is 0.429. The summed E-state index contributed by atoms with van der Waals surface area (Å²) in [4.78, 5) is 25.1. The third kappa shape index (κ3) is 2.29. The van der Waals surface area contributed by atoms with E-state index in [0.29, 0.717) is 13.0 Å². The second-order valence-corrected chi connectivity index (χ2v) is 4.41. The van der Waals surface area contributed by atoms with Crippen LogP contribution in [-0.2, 0) is 20.7 Å². The molecule has 2 amide bonds. The van der Waals surface area contributed by atoms with Gasteiger partial charge in [0, 0.05) is 13.7 Å². The summed E-state index contributed by atoms with van der Waals surface area (Å²) in [5.41, 5.74) is 1.05. The van der Waals surface area contributed by atoms with Crippen molar-refractivity contribution in [2.24, 2.45) is 5.92 Å². The summed E-state index contributed by atoms with van der Waals surface area (Å²) < 4.78 is 5.43. The smallest absolute Gasteiger partial charge is 0.258 e. The van der Waals surface area contributed by atoms with Crippen LogP contribution in [0.25, 0.3) is 0 Å². The van der Waals surface area contributed by atoms with E-state index in [1.54, 1.807) is 0 Å². The van der Waals surface area contributed by atoms with Gasteiger partial charge in [-0.3, -0.25) is 14.5 Å². The van der Waals surface area contributed by atoms with Gasteiger partial charge < -0.3 is 4.74 Å². The lowest BCUT2D eigenvalue weighted by Crippen LogP contribution is -2.30. The first-order valence-electron chi connectivity index (χ1n) is 6.12. The Morgan fingerprint density at radius 3 is 2.44 bits per heavy atom. The fourth-order valence-corrected chi connectivity index (χ4v) is 2.28. The van der Waals surface area contributed by atoms with Crippen LogP contribution in [0.4, 0.5) is 0 Å². The van der Waals surface area contributed by atoms with Gasteiger partial charge in [-0.25, -0.2) is 0 Å². The van der Waals surface area contributed by atoms with Gasteiger partial charge in [0.1, 0.15) is 6.10 Å². The van der Waals surface area contributed by atoms with Crippen molar-refractivity contribution in [2.45, 2.75) is 19.4 Å². The van der Waals surface area contributed by atoms with Gasteiger partial charge in [0.05, 0.1) is 5.92 Å². The zero-order valence-electron chi connectivity index (χ0n) is 10.6. The van der Waals surface area contributed by atoms with Crippen LogP contribution in [0.1, 0.15) is 12.5 Å². The molecule has 2 atom stereocenters. The molecular weight excluding hydrogens is 230 g/mol. The maximum atomic E-state index is 12.0. The Hall–Kier alpha value is -1.68. The summed E-state index contributed by atoms with van der Waals surface area (Å²) in [6, 6.07) is 9.70. The fourth-order valence-electron chi connectivity index (χ4n) is 2.28. The number of nitrogens with zero attached hydrogens (tertiary/aromatic N) is 1. The van der Waals surface area contributed by atoms with E-state index < -0.39 is 12.0 Å². The Morgan fingerprint density at radius 2 is 1.83 bits per heavy atom. The molecule has 0 radical (unpaired) electrons. The van der Waals surface area contributed by atoms with Gasteiger partial charge >= 0.3 is 0 Å². The molecule has 2 unspecified atom stereocenters. The van der Waals surface area contributed by atoms with Crippen LogP contribution in [0, 0.1) is 5.92 Å². The second kappa shape index (κ2) is 5.31. The van der Waals surface area contributed by atoms with Crippen molar-refractivity contribution >= 4 is 11.8 Å². The van der Waals surface area contributed by atoms with Crippen molar-refractivity contribution in [1.82, 2.24) is 4.90 Å². The number of rotatable bonds is 4. The van der Waals surface area contributed by atoms with Gasteiger partial charge in [-0.15, -0.1) is 0 Å². The molecular formula is C14H17NO3. The van der Waals surface area contributed by atoms with E-state index in [1.165, 1.54) is 11.9 Å². The maximum absolute atomic E-state index is 12.0. The van der Waals surface area contributed by atoms with Gasteiger partial charge in [-0.1, -0.05) is 30.3 Å². The maximum Gasteiger partial charge on any atom is 0.258 e. The highest BCUT2D eigenvalue weighted by Crippen LogP contribution is 2.25. The average molecular weight is 247 g/mol. The first kappa shape index (κ1) is 12.8. The molecule has 1 aliphatic heterocycles. The number of likely N-dealkylation sites (tertiary alicyclic amines) is 1. The predicted molar refractivity (Wildman–Crippen MR) is 66.8 cm³/mol. The largest absolute Gasteiger partial charge is 0.368 e. The molecule has 2 rings (SSSR count). The quantitative estimate of drug-likeness (QED) is 0.752. The molecule has 1 aromatic carbocycles. The Bertz CT molecular complexity index is 444. The SMILES string of the molecule is CCOC1C(=O)N(C)C(=O)C1Cc1ccccc1. The number of ether oxygens (including phenoxy) is 1. The minimum absolute atomic E-state index is 0.151. The summed E-state index contributed by atoms with van der Waals surface area (Å²) in [6.45, 7) is 2.26. The number of amides is 2. The molecule has 4 heteroatoms. The van der Waals surface area contributed by atoms with Crippen molar-refractivity contribution in [3.63, 3.8) is 0 Å². The molecule has 96 valence electrons. The summed E-state index contributed by atoms with van der Waals surface area (Å²) in [7, 11) is 1.52. The van der Waals surface area contributed by atoms with E-state index in [4.69, 9.17) is 4.74 Å². The molecule has 1 heterocycles. The summed E-state index contributed by atoms with van der Waals surface area (Å²) in [5, 5.41) is 0. The minimum atomic E-state index is -0.632. The molecule has 0 bridgehead atoms. The molecule has 1 fully saturated rings. The Balaban J connectivity index is 2.19. The first-order chi connectivity index (χ1) is 8.65. The highest BCUT2D eigenvalue weighted by molar-refractivity contribution is 6.06. The van der Waals surface area contributed by atoms with Crippen LogP contribution < -0.4 is 0 Å². The highest BCUT2D eigenvalue weighted by Gasteiger charge is 2.46. The van der Waals surface area contributed by atoms with Gasteiger partial charge in [0.25, 0.3) is 5.91 Å². The van der Waals surface area contributed by atoms with Crippen LogP contribution in [0.2, 0.25) is 0 Å². The summed E-state index contributed by atoms with van der Waals surface area (Å²) in [6.07, 6.45) is -0.0897. The molecule has 4 nitrogen and oxygen atoms in total. The molecule has 0 aliphatic carbocycles. The molecule has 0 N–H and O–H groups in total. The molecule has 0 aromatic heterocycles. The third-order valence-electron chi connectivity index (χ3n) is 3.23. The molecule has 18 heavy (non-hydrogen) atoms. The molecule has 1 aromatic rings. The van der Waals surface area contributed by atoms with Crippen molar-refractivity contribution in [1.29, 1.82) is 0 Å². The first-order valence-corrected chi connectivity index (χ1v) is 6.12. The predicted octanol–water partition coefficient (Wildman–Crippen LogP) is 1.25. The number of hydrogen-bond acceptors (Lipinski definition) is 3. The lowest BCUT2D eigenvalue weighted by atomic mass is 9.96. The monoisotopic (exact) mass is 247 g/mol. The van der Waals surface area contributed by atoms with Crippen LogP contribution in [0.5, 0.6) is 0 Å². The number of carbonyl (C=O) groups excluding carboxylic acids is 2. The normalized spacial score (nSPS) is 23.8. The third-order valence-corrected chi connectivity index (χ3v) is 3.23. The topological polar surface area (TPSA) is 46.6 Å². The van der Waals surface area contributed by atoms with Crippen molar-refractivity contribution in [2.75, 3.05) is 13.7 Å². The average Bonchev–Trinajstić information content (AvgIpc) is 2.58. The van der Waals surface area contributed by atoms with Crippen LogP contribution >= 0.6 is 0 Å². The van der Waals surface area contributed by atoms with E-state index in [0.717, 1.165) is 5.56 Å². The highest BCUT2D eigenvalue weighted by atomic mass is 16.5. The van der Waals surface area contributed by atoms with Gasteiger partial charge in [-0.05, 0) is 18.9 Å². The van der Waals surface area contributed by atoms with Crippen LogP contribution in [0.15, 0.2) is 30.3 Å². The molecule has 0 spiro atoms. The Morgan fingerprint density at radius 1 is 1.17 bits per heavy atom. The van der Waals surface area contributed by atoms with E-state index in [9.17, 15) is 9.59 Å². The standard InChI is InChI=1S/C14H17NO3/c1-3-18-12-11(13(16)15(2)14(12)17)9-10-7-5-4-6-8-10/h4-8,11-12H,3,9H2,1-2H3. The Kier molecular flexibility index (Phi) is 3.77. The molecule has 1 saturated heterocycles. The van der Waals surface area contributed by atoms with E-state index >= 15 is 0 Å². The van der Waals surface area contributed by atoms with E-state index in [2.05, 4.69) is 0 Å². The van der Waals surface area contributed by atoms with E-state index in [1.807, 2.05) is 37.3 Å². The number of imide groups is 1. The zero-order valence-corrected chi connectivity index (χ0v) is 10.6. The summed E-state index contributed by atoms with van der Waals surface area (Å²) >= 11 is 0. The number of likely N-dealkylation sites (N-methyl/N-ethyl adjacent to an activating group) is 1. The number of benzene rings is 1. The van der Waals surface area contributed by atoms with Gasteiger partial charge in [0.15, 0.2) is 0 Å². The lowest BCUT2D eigenvalue weighted by Gasteiger charge is -2.14. The molecule has 1 aliphatic rings. The van der Waals surface area contributed by atoms with Crippen molar-refractivity contribution < 1.29 is 14.3 Å². The van der Waals surface area contributed by atoms with E-state index in [-0.39, 0.29) is 11.8 Å².